The van der Waals surface area contributed by atoms with Crippen molar-refractivity contribution in [2.75, 3.05) is 20.1 Å². The van der Waals surface area contributed by atoms with Gasteiger partial charge in [0.2, 0.25) is 0 Å². The van der Waals surface area contributed by atoms with E-state index < -0.39 is 0 Å². The number of benzene rings is 1. The Balaban J connectivity index is 2.01. The molecule has 21 heavy (non-hydrogen) atoms. The summed E-state index contributed by atoms with van der Waals surface area (Å²) in [5.41, 5.74) is 6.70. The van der Waals surface area contributed by atoms with Crippen molar-refractivity contribution in [3.05, 3.63) is 35.1 Å². The topological polar surface area (TPSA) is 73.9 Å². The number of hydrogen-bond donors (Lipinski definition) is 3. The number of nitrogens with two attached hydrogens (primary N) is 1. The predicted octanol–water partition coefficient (Wildman–Crippen LogP) is 1.35. The Hall–Kier alpha value is -1.66. The van der Waals surface area contributed by atoms with Crippen molar-refractivity contribution in [2.45, 2.75) is 25.9 Å². The molecule has 1 heterocycles. The van der Waals surface area contributed by atoms with Crippen LogP contribution in [0.3, 0.4) is 0 Å². The molecule has 0 spiro atoms. The molecule has 2 atom stereocenters. The van der Waals surface area contributed by atoms with Crippen molar-refractivity contribution < 1.29 is 9.60 Å². The van der Waals surface area contributed by atoms with Gasteiger partial charge in [0.05, 0.1) is 0 Å². The van der Waals surface area contributed by atoms with Crippen LogP contribution in [0.15, 0.2) is 23.4 Å². The molecular formula is C15H23FN4O. The van der Waals surface area contributed by atoms with Crippen LogP contribution in [0.4, 0.5) is 4.39 Å². The molecule has 0 amide bonds. The van der Waals surface area contributed by atoms with Gasteiger partial charge in [-0.3, -0.25) is 0 Å². The van der Waals surface area contributed by atoms with Gasteiger partial charge in [0.15, 0.2) is 5.84 Å². The highest BCUT2D eigenvalue weighted by Crippen LogP contribution is 2.16. The van der Waals surface area contributed by atoms with E-state index in [0.717, 1.165) is 25.1 Å². The first-order valence-corrected chi connectivity index (χ1v) is 7.19. The monoisotopic (exact) mass is 294 g/mol. The predicted molar refractivity (Wildman–Crippen MR) is 80.8 cm³/mol. The van der Waals surface area contributed by atoms with Gasteiger partial charge in [0.1, 0.15) is 5.82 Å². The summed E-state index contributed by atoms with van der Waals surface area (Å²) in [5, 5.41) is 15.1. The van der Waals surface area contributed by atoms with Crippen LogP contribution in [-0.4, -0.2) is 42.1 Å². The van der Waals surface area contributed by atoms with E-state index in [1.807, 2.05) is 0 Å². The third-order valence-electron chi connectivity index (χ3n) is 4.04. The van der Waals surface area contributed by atoms with Crippen LogP contribution in [0.2, 0.25) is 0 Å². The molecule has 1 saturated heterocycles. The van der Waals surface area contributed by atoms with Crippen LogP contribution in [-0.2, 0) is 6.54 Å². The molecule has 6 heteroatoms. The van der Waals surface area contributed by atoms with Gasteiger partial charge in [-0.2, -0.15) is 0 Å². The lowest BCUT2D eigenvalue weighted by molar-refractivity contribution is 0.174. The van der Waals surface area contributed by atoms with E-state index in [1.165, 1.54) is 12.1 Å². The molecule has 1 aromatic carbocycles. The highest BCUT2D eigenvalue weighted by Gasteiger charge is 2.23. The van der Waals surface area contributed by atoms with Crippen LogP contribution in [0.5, 0.6) is 0 Å². The van der Waals surface area contributed by atoms with Crippen LogP contribution >= 0.6 is 0 Å². The molecule has 0 aliphatic carbocycles. The molecule has 2 unspecified atom stereocenters. The molecule has 1 fully saturated rings. The fourth-order valence-electron chi connectivity index (χ4n) is 2.86. The van der Waals surface area contributed by atoms with Crippen molar-refractivity contribution in [1.29, 1.82) is 0 Å². The molecule has 0 radical (unpaired) electrons. The Labute approximate surface area is 124 Å². The number of oxime groups is 1. The number of nitrogens with zero attached hydrogens (tertiary/aromatic N) is 2. The summed E-state index contributed by atoms with van der Waals surface area (Å²) in [6.45, 7) is 4.93. The number of halogens is 1. The highest BCUT2D eigenvalue weighted by atomic mass is 19.1. The van der Waals surface area contributed by atoms with E-state index in [2.05, 4.69) is 29.3 Å². The lowest BCUT2D eigenvalue weighted by Gasteiger charge is -2.35. The third-order valence-corrected chi connectivity index (χ3v) is 4.04. The zero-order chi connectivity index (χ0) is 15.4. The summed E-state index contributed by atoms with van der Waals surface area (Å²) in [5.74, 6) is 0.0941. The number of amidine groups is 1. The van der Waals surface area contributed by atoms with Gasteiger partial charge in [-0.1, -0.05) is 12.1 Å². The summed E-state index contributed by atoms with van der Waals surface area (Å²) in [4.78, 5) is 2.32. The van der Waals surface area contributed by atoms with E-state index >= 15 is 0 Å². The second kappa shape index (κ2) is 6.87. The van der Waals surface area contributed by atoms with Gasteiger partial charge in [0, 0.05) is 24.7 Å². The maximum atomic E-state index is 13.6. The first-order chi connectivity index (χ1) is 9.99. The molecule has 116 valence electrons. The van der Waals surface area contributed by atoms with Gasteiger partial charge < -0.3 is 21.2 Å². The van der Waals surface area contributed by atoms with Crippen LogP contribution in [0.1, 0.15) is 24.5 Å². The van der Waals surface area contributed by atoms with Crippen molar-refractivity contribution in [3.8, 4) is 0 Å². The number of nitrogens with one attached hydrogen (secondary N) is 1. The maximum absolute atomic E-state index is 13.6. The molecule has 0 aromatic heterocycles. The number of piperidine rings is 1. The summed E-state index contributed by atoms with van der Waals surface area (Å²) >= 11 is 0. The van der Waals surface area contributed by atoms with Crippen molar-refractivity contribution >= 4 is 5.84 Å². The molecule has 1 aliphatic heterocycles. The Morgan fingerprint density at radius 2 is 2.29 bits per heavy atom. The normalized spacial score (nSPS) is 24.2. The van der Waals surface area contributed by atoms with E-state index in [4.69, 9.17) is 10.9 Å². The summed E-state index contributed by atoms with van der Waals surface area (Å²) in [6.07, 6.45) is 1.08. The van der Waals surface area contributed by atoms with Crippen LogP contribution in [0.25, 0.3) is 0 Å². The lowest BCUT2D eigenvalue weighted by Crippen LogP contribution is -2.46. The standard InChI is InChI=1S/C15H23FN4O/c1-10-9-20(2)4-3-14(10)18-8-11-5-12(15(17)19-21)7-13(16)6-11/h5-7,10,14,18,21H,3-4,8-9H2,1-2H3,(H2,17,19). The highest BCUT2D eigenvalue weighted by molar-refractivity contribution is 5.97. The Kier molecular flexibility index (Phi) is 5.14. The van der Waals surface area contributed by atoms with Crippen molar-refractivity contribution in [1.82, 2.24) is 10.2 Å². The fourth-order valence-corrected chi connectivity index (χ4v) is 2.86. The van der Waals surface area contributed by atoms with Gasteiger partial charge in [-0.05, 0) is 49.7 Å². The van der Waals surface area contributed by atoms with E-state index in [0.29, 0.717) is 24.1 Å². The Morgan fingerprint density at radius 3 is 2.95 bits per heavy atom. The molecular weight excluding hydrogens is 271 g/mol. The minimum absolute atomic E-state index is 0.0802. The molecule has 2 rings (SSSR count). The minimum Gasteiger partial charge on any atom is -0.409 e. The average molecular weight is 294 g/mol. The van der Waals surface area contributed by atoms with Crippen LogP contribution < -0.4 is 11.1 Å². The first kappa shape index (κ1) is 15.7. The molecule has 5 nitrogen and oxygen atoms in total. The van der Waals surface area contributed by atoms with E-state index in [-0.39, 0.29) is 11.7 Å². The van der Waals surface area contributed by atoms with Crippen LogP contribution in [0, 0.1) is 11.7 Å². The molecule has 1 aromatic rings. The minimum atomic E-state index is -0.382. The second-order valence-corrected chi connectivity index (χ2v) is 5.85. The van der Waals surface area contributed by atoms with Gasteiger partial charge >= 0.3 is 0 Å². The summed E-state index contributed by atoms with van der Waals surface area (Å²) in [6, 6.07) is 4.90. The second-order valence-electron chi connectivity index (χ2n) is 5.85. The zero-order valence-corrected chi connectivity index (χ0v) is 12.5. The SMILES string of the molecule is CC1CN(C)CCC1NCc1cc(F)cc(/C(N)=N/O)c1. The molecule has 1 aliphatic rings. The molecule has 4 N–H and O–H groups in total. The quantitative estimate of drug-likeness (QED) is 0.339. The lowest BCUT2D eigenvalue weighted by atomic mass is 9.94. The maximum Gasteiger partial charge on any atom is 0.170 e. The number of rotatable bonds is 4. The smallest absolute Gasteiger partial charge is 0.170 e. The number of likely N-dealkylation sites (tertiary alicyclic amines) is 1. The van der Waals surface area contributed by atoms with Crippen molar-refractivity contribution in [2.24, 2.45) is 16.8 Å². The van der Waals surface area contributed by atoms with Gasteiger partial charge in [0.25, 0.3) is 0 Å². The third kappa shape index (κ3) is 4.15. The van der Waals surface area contributed by atoms with Gasteiger partial charge in [-0.15, -0.1) is 0 Å². The Morgan fingerprint density at radius 1 is 1.52 bits per heavy atom. The average Bonchev–Trinajstić information content (AvgIpc) is 2.45. The van der Waals surface area contributed by atoms with Crippen molar-refractivity contribution in [3.63, 3.8) is 0 Å². The van der Waals surface area contributed by atoms with E-state index in [9.17, 15) is 4.39 Å². The Bertz CT molecular complexity index is 520. The fraction of sp³-hybridized carbons (Fsp3) is 0.533. The van der Waals surface area contributed by atoms with Gasteiger partial charge in [-0.25, -0.2) is 4.39 Å². The zero-order valence-electron chi connectivity index (χ0n) is 12.5. The van der Waals surface area contributed by atoms with E-state index in [1.54, 1.807) is 6.07 Å². The summed E-state index contributed by atoms with van der Waals surface area (Å²) < 4.78 is 13.6. The first-order valence-electron chi connectivity index (χ1n) is 7.19. The summed E-state index contributed by atoms with van der Waals surface area (Å²) in [7, 11) is 2.13. The molecule has 0 bridgehead atoms. The largest absolute Gasteiger partial charge is 0.409 e. The number of hydrogen-bond acceptors (Lipinski definition) is 4. The molecule has 0 saturated carbocycles.